The molecule has 0 fully saturated rings. The Morgan fingerprint density at radius 2 is 2.24 bits per heavy atom. The molecule has 0 bridgehead atoms. The normalized spacial score (nSPS) is 9.76. The number of nitrogens with one attached hydrogen (secondary N) is 2. The fraction of sp³-hybridized carbons (Fsp3) is 0.273. The van der Waals surface area contributed by atoms with Crippen molar-refractivity contribution in [3.05, 3.63) is 28.8 Å². The number of rotatable bonds is 4. The molecule has 0 saturated heterocycles. The Hall–Kier alpha value is -1.33. The minimum Gasteiger partial charge on any atom is -0.393 e. The Morgan fingerprint density at radius 1 is 1.53 bits per heavy atom. The minimum atomic E-state index is -0.304. The molecule has 0 heterocycles. The van der Waals surface area contributed by atoms with E-state index in [1.54, 1.807) is 12.1 Å². The molecule has 0 aliphatic carbocycles. The highest BCUT2D eigenvalue weighted by Gasteiger charge is 2.03. The molecule has 0 saturated carbocycles. The molecule has 92 valence electrons. The summed E-state index contributed by atoms with van der Waals surface area (Å²) in [4.78, 5) is 11.8. The van der Waals surface area contributed by atoms with Crippen LogP contribution in [0.3, 0.4) is 0 Å². The minimum absolute atomic E-state index is 0.304. The van der Waals surface area contributed by atoms with Gasteiger partial charge in [-0.25, -0.2) is 4.79 Å². The molecule has 0 unspecified atom stereocenters. The lowest BCUT2D eigenvalue weighted by Gasteiger charge is -2.08. The number of hydrogen-bond donors (Lipinski definition) is 3. The van der Waals surface area contributed by atoms with Gasteiger partial charge in [0.25, 0.3) is 0 Å². The fourth-order valence-corrected chi connectivity index (χ4v) is 1.43. The molecule has 0 spiro atoms. The Balaban J connectivity index is 2.45. The number of thiocarbonyl (C=S) groups is 1. The van der Waals surface area contributed by atoms with Gasteiger partial charge in [-0.3, -0.25) is 0 Å². The third-order valence-corrected chi connectivity index (χ3v) is 2.70. The second-order valence-electron chi connectivity index (χ2n) is 3.56. The van der Waals surface area contributed by atoms with Crippen molar-refractivity contribution in [2.24, 2.45) is 5.73 Å². The highest BCUT2D eigenvalue weighted by Crippen LogP contribution is 2.19. The average molecular weight is 272 g/mol. The molecule has 0 aliphatic heterocycles. The van der Waals surface area contributed by atoms with Gasteiger partial charge in [-0.2, -0.15) is 0 Å². The molecule has 1 aromatic rings. The molecule has 1 aromatic carbocycles. The number of aryl methyl sites for hydroxylation is 1. The zero-order valence-electron chi connectivity index (χ0n) is 9.42. The lowest BCUT2D eigenvalue weighted by atomic mass is 10.2. The fourth-order valence-electron chi connectivity index (χ4n) is 1.15. The molecule has 0 atom stereocenters. The standard InChI is InChI=1S/C11H14ClN3OS/c1-7-2-3-8(6-9(7)12)15-11(16)14-5-4-10(13)17/h2-3,6H,4-5H2,1H3,(H2,13,17)(H2,14,15,16). The van der Waals surface area contributed by atoms with Gasteiger partial charge in [0.2, 0.25) is 0 Å². The first-order valence-electron chi connectivity index (χ1n) is 5.08. The van der Waals surface area contributed by atoms with Crippen molar-refractivity contribution in [2.75, 3.05) is 11.9 Å². The van der Waals surface area contributed by atoms with Crippen molar-refractivity contribution in [1.29, 1.82) is 0 Å². The van der Waals surface area contributed by atoms with E-state index in [1.165, 1.54) is 0 Å². The number of halogens is 1. The maximum absolute atomic E-state index is 11.4. The van der Waals surface area contributed by atoms with Crippen LogP contribution in [-0.4, -0.2) is 17.6 Å². The Bertz CT molecular complexity index is 437. The Labute approximate surface area is 111 Å². The highest BCUT2D eigenvalue weighted by atomic mass is 35.5. The third-order valence-electron chi connectivity index (χ3n) is 2.09. The lowest BCUT2D eigenvalue weighted by molar-refractivity contribution is 0.252. The summed E-state index contributed by atoms with van der Waals surface area (Å²) in [5, 5.41) is 5.92. The SMILES string of the molecule is Cc1ccc(NC(=O)NCCC(N)=S)cc1Cl. The highest BCUT2D eigenvalue weighted by molar-refractivity contribution is 7.80. The van der Waals surface area contributed by atoms with E-state index in [0.717, 1.165) is 5.56 Å². The number of carbonyl (C=O) groups excluding carboxylic acids is 1. The number of benzene rings is 1. The van der Waals surface area contributed by atoms with Gasteiger partial charge in [-0.1, -0.05) is 29.9 Å². The monoisotopic (exact) mass is 271 g/mol. The van der Waals surface area contributed by atoms with Crippen molar-refractivity contribution in [1.82, 2.24) is 5.32 Å². The smallest absolute Gasteiger partial charge is 0.319 e. The summed E-state index contributed by atoms with van der Waals surface area (Å²) in [7, 11) is 0. The van der Waals surface area contributed by atoms with Gasteiger partial charge in [0, 0.05) is 23.7 Å². The first-order chi connectivity index (χ1) is 7.99. The van der Waals surface area contributed by atoms with E-state index >= 15 is 0 Å². The zero-order chi connectivity index (χ0) is 12.8. The lowest BCUT2D eigenvalue weighted by Crippen LogP contribution is -2.31. The van der Waals surface area contributed by atoms with Crippen molar-refractivity contribution in [2.45, 2.75) is 13.3 Å². The summed E-state index contributed by atoms with van der Waals surface area (Å²) >= 11 is 10.6. The summed E-state index contributed by atoms with van der Waals surface area (Å²) in [6.45, 7) is 2.31. The molecule has 2 amide bonds. The maximum Gasteiger partial charge on any atom is 0.319 e. The van der Waals surface area contributed by atoms with Crippen LogP contribution in [0.5, 0.6) is 0 Å². The van der Waals surface area contributed by atoms with Crippen molar-refractivity contribution in [3.8, 4) is 0 Å². The summed E-state index contributed by atoms with van der Waals surface area (Å²) < 4.78 is 0. The summed E-state index contributed by atoms with van der Waals surface area (Å²) in [5.74, 6) is 0. The van der Waals surface area contributed by atoms with Gasteiger partial charge in [-0.05, 0) is 24.6 Å². The summed E-state index contributed by atoms with van der Waals surface area (Å²) in [6.07, 6.45) is 0.484. The predicted octanol–water partition coefficient (Wildman–Crippen LogP) is 2.45. The first kappa shape index (κ1) is 13.7. The summed E-state index contributed by atoms with van der Waals surface area (Å²) in [6, 6.07) is 5.02. The number of urea groups is 1. The van der Waals surface area contributed by atoms with Crippen LogP contribution in [-0.2, 0) is 0 Å². The predicted molar refractivity (Wildman–Crippen MR) is 74.6 cm³/mol. The topological polar surface area (TPSA) is 67.2 Å². The number of carbonyl (C=O) groups is 1. The molecule has 4 N–H and O–H groups in total. The Kier molecular flexibility index (Phi) is 5.18. The van der Waals surface area contributed by atoms with Gasteiger partial charge in [-0.15, -0.1) is 0 Å². The van der Waals surface area contributed by atoms with Crippen LogP contribution >= 0.6 is 23.8 Å². The molecular formula is C11H14ClN3OS. The van der Waals surface area contributed by atoms with Crippen LogP contribution in [0.15, 0.2) is 18.2 Å². The average Bonchev–Trinajstić information content (AvgIpc) is 2.23. The van der Waals surface area contributed by atoms with E-state index in [4.69, 9.17) is 29.6 Å². The molecule has 17 heavy (non-hydrogen) atoms. The van der Waals surface area contributed by atoms with Crippen molar-refractivity contribution >= 4 is 40.5 Å². The molecule has 1 rings (SSSR count). The summed E-state index contributed by atoms with van der Waals surface area (Å²) in [5.41, 5.74) is 6.92. The van der Waals surface area contributed by atoms with Crippen molar-refractivity contribution < 1.29 is 4.79 Å². The second-order valence-corrected chi connectivity index (χ2v) is 4.49. The zero-order valence-corrected chi connectivity index (χ0v) is 11.0. The molecule has 4 nitrogen and oxygen atoms in total. The number of anilines is 1. The molecular weight excluding hydrogens is 258 g/mol. The van der Waals surface area contributed by atoms with Crippen LogP contribution in [0.25, 0.3) is 0 Å². The van der Waals surface area contributed by atoms with E-state index in [9.17, 15) is 4.79 Å². The number of hydrogen-bond acceptors (Lipinski definition) is 2. The molecule has 0 radical (unpaired) electrons. The van der Waals surface area contributed by atoms with E-state index in [2.05, 4.69) is 10.6 Å². The number of amides is 2. The van der Waals surface area contributed by atoms with Crippen LogP contribution in [0, 0.1) is 6.92 Å². The maximum atomic E-state index is 11.4. The van der Waals surface area contributed by atoms with E-state index in [-0.39, 0.29) is 6.03 Å². The van der Waals surface area contributed by atoms with Crippen LogP contribution in [0.1, 0.15) is 12.0 Å². The van der Waals surface area contributed by atoms with Crippen LogP contribution in [0.4, 0.5) is 10.5 Å². The van der Waals surface area contributed by atoms with Crippen LogP contribution in [0.2, 0.25) is 5.02 Å². The van der Waals surface area contributed by atoms with Crippen molar-refractivity contribution in [3.63, 3.8) is 0 Å². The molecule has 0 aromatic heterocycles. The van der Waals surface area contributed by atoms with Gasteiger partial charge in [0.05, 0.1) is 4.99 Å². The third kappa shape index (κ3) is 5.01. The molecule has 6 heteroatoms. The Morgan fingerprint density at radius 3 is 2.82 bits per heavy atom. The largest absolute Gasteiger partial charge is 0.393 e. The van der Waals surface area contributed by atoms with E-state index in [0.29, 0.717) is 28.7 Å². The second kappa shape index (κ2) is 6.42. The molecule has 0 aliphatic rings. The first-order valence-corrected chi connectivity index (χ1v) is 5.87. The van der Waals surface area contributed by atoms with Gasteiger partial charge in [0.1, 0.15) is 0 Å². The number of nitrogens with two attached hydrogens (primary N) is 1. The van der Waals surface area contributed by atoms with E-state index in [1.807, 2.05) is 13.0 Å². The van der Waals surface area contributed by atoms with E-state index < -0.39 is 0 Å². The van der Waals surface area contributed by atoms with Gasteiger partial charge >= 0.3 is 6.03 Å². The van der Waals surface area contributed by atoms with Gasteiger partial charge < -0.3 is 16.4 Å². The quantitative estimate of drug-likeness (QED) is 0.737. The van der Waals surface area contributed by atoms with Gasteiger partial charge in [0.15, 0.2) is 0 Å². The van der Waals surface area contributed by atoms with Crippen LogP contribution < -0.4 is 16.4 Å².